The van der Waals surface area contributed by atoms with Crippen molar-refractivity contribution in [3.8, 4) is 0 Å². The molecule has 13 atom stereocenters. The van der Waals surface area contributed by atoms with Gasteiger partial charge in [0, 0.05) is 45.8 Å². The molecule has 0 aromatic rings. The second-order valence-corrected chi connectivity index (χ2v) is 19.8. The zero-order valence-corrected chi connectivity index (χ0v) is 33.1. The highest BCUT2D eigenvalue weighted by Crippen LogP contribution is 2.89. The van der Waals surface area contributed by atoms with Gasteiger partial charge in [-0.15, -0.1) is 0 Å². The lowest BCUT2D eigenvalue weighted by molar-refractivity contribution is -0.246. The molecule has 0 aromatic carbocycles. The molecule has 9 rings (SSSR count). The Hall–Kier alpha value is -0.580. The Morgan fingerprint density at radius 2 is 1.72 bits per heavy atom. The Kier molecular flexibility index (Phi) is 9.48. The minimum Gasteiger partial charge on any atom is -0.443 e. The number of nitrogens with zero attached hydrogens (tertiary/aromatic N) is 2. The number of ether oxygens (including phenoxy) is 4. The van der Waals surface area contributed by atoms with Gasteiger partial charge in [0.1, 0.15) is 6.10 Å². The molecule has 4 saturated heterocycles. The minimum absolute atomic E-state index is 0. The number of hydrogen-bond donors (Lipinski definition) is 1. The molecular formula is C41H69N3O5S. The number of hydrogen-bond acceptors (Lipinski definition) is 7. The van der Waals surface area contributed by atoms with E-state index in [1.807, 2.05) is 4.90 Å². The van der Waals surface area contributed by atoms with Crippen molar-refractivity contribution >= 4 is 19.6 Å². The van der Waals surface area contributed by atoms with Crippen molar-refractivity contribution < 1.29 is 23.7 Å². The first-order valence-corrected chi connectivity index (χ1v) is 20.8. The Labute approximate surface area is 309 Å². The fourth-order valence-electron chi connectivity index (χ4n) is 14.8. The summed E-state index contributed by atoms with van der Waals surface area (Å²) in [4.78, 5) is 17.3. The van der Waals surface area contributed by atoms with Gasteiger partial charge >= 0.3 is 6.09 Å². The van der Waals surface area contributed by atoms with Gasteiger partial charge in [0.15, 0.2) is 6.29 Å². The van der Waals surface area contributed by atoms with Crippen LogP contribution in [-0.2, 0) is 18.9 Å². The van der Waals surface area contributed by atoms with E-state index >= 15 is 0 Å². The fraction of sp³-hybridized carbons (Fsp3) is 0.976. The van der Waals surface area contributed by atoms with E-state index in [4.69, 9.17) is 18.9 Å². The molecule has 0 radical (unpaired) electrons. The maximum Gasteiger partial charge on any atom is 0.410 e. The molecule has 5 saturated carbocycles. The fourth-order valence-corrected chi connectivity index (χ4v) is 14.8. The highest BCUT2D eigenvalue weighted by Gasteiger charge is 2.84. The molecular weight excluding hydrogens is 647 g/mol. The molecule has 2 spiro atoms. The lowest BCUT2D eigenvalue weighted by Crippen LogP contribution is -2.57. The van der Waals surface area contributed by atoms with Crippen LogP contribution in [0.1, 0.15) is 106 Å². The Morgan fingerprint density at radius 3 is 2.42 bits per heavy atom. The number of nitrogens with one attached hydrogen (secondary N) is 1. The van der Waals surface area contributed by atoms with Crippen LogP contribution in [0.25, 0.3) is 0 Å². The summed E-state index contributed by atoms with van der Waals surface area (Å²) in [6, 6.07) is 0. The summed E-state index contributed by atoms with van der Waals surface area (Å²) in [5.41, 5.74) is 1.50. The number of rotatable bonds is 7. The van der Waals surface area contributed by atoms with Gasteiger partial charge in [-0.1, -0.05) is 41.5 Å². The monoisotopic (exact) mass is 715 g/mol. The Balaban J connectivity index is 0.00000361. The van der Waals surface area contributed by atoms with E-state index < -0.39 is 0 Å². The lowest BCUT2D eigenvalue weighted by Gasteiger charge is -2.60. The topological polar surface area (TPSA) is 72.5 Å². The zero-order valence-electron chi connectivity index (χ0n) is 32.1. The number of fused-ring (bicyclic) bond motifs is 4. The predicted molar refractivity (Wildman–Crippen MR) is 199 cm³/mol. The van der Waals surface area contributed by atoms with Gasteiger partial charge < -0.3 is 29.2 Å². The summed E-state index contributed by atoms with van der Waals surface area (Å²) < 4.78 is 26.6. The Bertz CT molecular complexity index is 1280. The normalized spacial score (nSPS) is 48.4. The van der Waals surface area contributed by atoms with Crippen molar-refractivity contribution in [3.05, 3.63) is 0 Å². The van der Waals surface area contributed by atoms with Crippen LogP contribution in [0.5, 0.6) is 0 Å². The van der Waals surface area contributed by atoms with Gasteiger partial charge in [-0.2, -0.15) is 13.5 Å². The third-order valence-corrected chi connectivity index (χ3v) is 17.4. The average Bonchev–Trinajstić information content (AvgIpc) is 3.40. The van der Waals surface area contributed by atoms with Crippen LogP contribution in [0.15, 0.2) is 0 Å². The molecule has 9 aliphatic rings. The number of amides is 1. The molecule has 0 aromatic heterocycles. The summed E-state index contributed by atoms with van der Waals surface area (Å²) in [5.74, 6) is 4.80. The second-order valence-electron chi connectivity index (χ2n) is 19.8. The first-order chi connectivity index (χ1) is 23.5. The van der Waals surface area contributed by atoms with Gasteiger partial charge in [-0.05, 0) is 127 Å². The third kappa shape index (κ3) is 5.26. The summed E-state index contributed by atoms with van der Waals surface area (Å²) in [5, 5.41) is 3.43. The van der Waals surface area contributed by atoms with E-state index in [0.29, 0.717) is 28.3 Å². The summed E-state index contributed by atoms with van der Waals surface area (Å²) in [7, 11) is 0. The van der Waals surface area contributed by atoms with Crippen LogP contribution in [0, 0.1) is 63.1 Å². The minimum atomic E-state index is -0.153. The van der Waals surface area contributed by atoms with E-state index in [0.717, 1.165) is 88.3 Å². The molecule has 50 heavy (non-hydrogen) atoms. The molecule has 4 aliphatic heterocycles. The molecule has 9 heteroatoms. The molecule has 0 bridgehead atoms. The Morgan fingerprint density at radius 1 is 0.940 bits per heavy atom. The summed E-state index contributed by atoms with van der Waals surface area (Å²) in [6.07, 6.45) is 12.8. The van der Waals surface area contributed by atoms with Crippen molar-refractivity contribution in [3.63, 3.8) is 0 Å². The van der Waals surface area contributed by atoms with Gasteiger partial charge in [0.05, 0.1) is 24.9 Å². The summed E-state index contributed by atoms with van der Waals surface area (Å²) in [6.45, 7) is 22.8. The maximum absolute atomic E-state index is 12.9. The standard InChI is InChI=1S/C41H67N3O5.H2S/c1-25(2)36(49-37(45)44-16-7-17-44)31-10-8-29-32(47-31)20-30-28-9-11-33-38(4,5)34(48-35-24-43(18-19-46-35)23-27-21-42-22-27)12-13-41(33)26(3)40(28,41)15-14-39(29,30)6;/h25-36,42H,7-24H2,1-6H3;1H2/t26-,28?,29?,30?,31?,32?,33-,34-,35?,36+,39+,40-,41?;/m0./s1. The van der Waals surface area contributed by atoms with Crippen LogP contribution in [-0.4, -0.2) is 99.0 Å². The van der Waals surface area contributed by atoms with Crippen LogP contribution >= 0.6 is 13.5 Å². The maximum atomic E-state index is 12.9. The first kappa shape index (κ1) is 36.4. The van der Waals surface area contributed by atoms with Gasteiger partial charge in [0.2, 0.25) is 0 Å². The van der Waals surface area contributed by atoms with Crippen LogP contribution in [0.4, 0.5) is 4.79 Å². The highest BCUT2D eigenvalue weighted by atomic mass is 32.1. The summed E-state index contributed by atoms with van der Waals surface area (Å²) >= 11 is 0. The largest absolute Gasteiger partial charge is 0.443 e. The van der Waals surface area contributed by atoms with Crippen molar-refractivity contribution in [1.29, 1.82) is 0 Å². The SMILES string of the molecule is CC(C)[C@@H](OC(=O)N1CCC1)C1CCC2C(CC3C4CC[C@H]5C(C)(C)[C@@H](OC6CN(CC7CNC7)CCO6)CCC56[C@@H](C)[C@@]46CC[C@]23C)O1.S. The second kappa shape index (κ2) is 13.0. The average molecular weight is 716 g/mol. The zero-order chi connectivity index (χ0) is 33.9. The molecule has 5 aliphatic carbocycles. The van der Waals surface area contributed by atoms with Crippen LogP contribution < -0.4 is 5.32 Å². The number of carbonyl (C=O) groups is 1. The number of likely N-dealkylation sites (tertiary alicyclic amines) is 1. The van der Waals surface area contributed by atoms with Crippen molar-refractivity contribution in [1.82, 2.24) is 15.1 Å². The van der Waals surface area contributed by atoms with Gasteiger partial charge in [-0.25, -0.2) is 4.79 Å². The molecule has 7 unspecified atom stereocenters. The van der Waals surface area contributed by atoms with E-state index in [1.165, 1.54) is 57.9 Å². The van der Waals surface area contributed by atoms with E-state index in [2.05, 4.69) is 51.8 Å². The molecule has 9 fully saturated rings. The molecule has 284 valence electrons. The quantitative estimate of drug-likeness (QED) is 0.316. The van der Waals surface area contributed by atoms with Crippen molar-refractivity contribution in [2.75, 3.05) is 52.4 Å². The lowest BCUT2D eigenvalue weighted by atomic mass is 9.46. The molecule has 1 amide bonds. The van der Waals surface area contributed by atoms with E-state index in [1.54, 1.807) is 0 Å². The third-order valence-electron chi connectivity index (χ3n) is 17.4. The smallest absolute Gasteiger partial charge is 0.410 e. The number of carbonyl (C=O) groups excluding carboxylic acids is 1. The predicted octanol–water partition coefficient (Wildman–Crippen LogP) is 6.68. The number of morpholine rings is 1. The van der Waals surface area contributed by atoms with Crippen LogP contribution in [0.3, 0.4) is 0 Å². The first-order valence-electron chi connectivity index (χ1n) is 20.8. The van der Waals surface area contributed by atoms with Crippen molar-refractivity contribution in [2.45, 2.75) is 136 Å². The van der Waals surface area contributed by atoms with Crippen molar-refractivity contribution in [2.24, 2.45) is 63.1 Å². The molecule has 4 heterocycles. The van der Waals surface area contributed by atoms with Crippen LogP contribution in [0.2, 0.25) is 0 Å². The molecule has 1 N–H and O–H groups in total. The van der Waals surface area contributed by atoms with Gasteiger partial charge in [-0.3, -0.25) is 4.90 Å². The van der Waals surface area contributed by atoms with E-state index in [9.17, 15) is 4.79 Å². The highest BCUT2D eigenvalue weighted by molar-refractivity contribution is 7.59. The van der Waals surface area contributed by atoms with Gasteiger partial charge in [0.25, 0.3) is 0 Å². The van der Waals surface area contributed by atoms with E-state index in [-0.39, 0.29) is 55.5 Å². The molecule has 8 nitrogen and oxygen atoms in total.